The van der Waals surface area contributed by atoms with E-state index in [-0.39, 0.29) is 5.91 Å². The third-order valence-electron chi connectivity index (χ3n) is 3.25. The third-order valence-corrected chi connectivity index (χ3v) is 4.31. The first-order valence-corrected chi connectivity index (χ1v) is 7.17. The second-order valence-electron chi connectivity index (χ2n) is 5.03. The van der Waals surface area contributed by atoms with E-state index in [1.807, 2.05) is 24.7 Å². The van der Waals surface area contributed by atoms with Gasteiger partial charge in [0.05, 0.1) is 5.54 Å². The Kier molecular flexibility index (Phi) is 3.97. The summed E-state index contributed by atoms with van der Waals surface area (Å²) in [4.78, 5) is 15.8. The molecule has 0 spiro atoms. The van der Waals surface area contributed by atoms with Gasteiger partial charge in [-0.05, 0) is 26.2 Å². The molecular weight excluding hydrogens is 248 g/mol. The molecule has 1 unspecified atom stereocenters. The number of nitrogens with two attached hydrogens (primary N) is 1. The molecule has 6 heteroatoms. The summed E-state index contributed by atoms with van der Waals surface area (Å²) in [5.74, 6) is 0.555. The minimum absolute atomic E-state index is 0.269. The Labute approximate surface area is 112 Å². The van der Waals surface area contributed by atoms with E-state index in [1.54, 1.807) is 18.0 Å². The molecule has 0 aliphatic heterocycles. The minimum atomic E-state index is -0.598. The molecule has 1 aromatic heterocycles. The van der Waals surface area contributed by atoms with Crippen LogP contribution in [0.15, 0.2) is 17.6 Å². The van der Waals surface area contributed by atoms with Crippen LogP contribution < -0.4 is 11.1 Å². The van der Waals surface area contributed by atoms with Gasteiger partial charge in [0.25, 0.3) is 0 Å². The summed E-state index contributed by atoms with van der Waals surface area (Å²) >= 11 is 1.65. The van der Waals surface area contributed by atoms with E-state index in [0.29, 0.717) is 6.04 Å². The van der Waals surface area contributed by atoms with Gasteiger partial charge in [0.15, 0.2) is 5.16 Å². The Bertz CT molecular complexity index is 429. The number of hydrogen-bond acceptors (Lipinski definition) is 4. The number of primary amides is 1. The van der Waals surface area contributed by atoms with Gasteiger partial charge in [-0.25, -0.2) is 4.98 Å². The molecule has 2 rings (SSSR count). The zero-order valence-corrected chi connectivity index (χ0v) is 11.7. The summed E-state index contributed by atoms with van der Waals surface area (Å²) < 4.78 is 1.97. The third kappa shape index (κ3) is 3.26. The van der Waals surface area contributed by atoms with Crippen LogP contribution in [-0.4, -0.2) is 32.8 Å². The molecule has 1 aliphatic carbocycles. The van der Waals surface area contributed by atoms with E-state index < -0.39 is 5.54 Å². The van der Waals surface area contributed by atoms with Crippen molar-refractivity contribution in [1.29, 1.82) is 0 Å². The number of hydrogen-bond donors (Lipinski definition) is 2. The largest absolute Gasteiger partial charge is 0.368 e. The molecule has 0 bridgehead atoms. The highest BCUT2D eigenvalue weighted by atomic mass is 32.2. The van der Waals surface area contributed by atoms with Crippen LogP contribution in [0.4, 0.5) is 0 Å². The van der Waals surface area contributed by atoms with Crippen molar-refractivity contribution in [3.05, 3.63) is 12.4 Å². The SMILES string of the molecule is Cn1ccnc1SCCC(C)(NC1CC1)C(N)=O. The monoisotopic (exact) mass is 268 g/mol. The maximum atomic E-state index is 11.6. The zero-order chi connectivity index (χ0) is 13.2. The van der Waals surface area contributed by atoms with Crippen molar-refractivity contribution in [2.75, 3.05) is 5.75 Å². The zero-order valence-electron chi connectivity index (χ0n) is 10.8. The summed E-state index contributed by atoms with van der Waals surface area (Å²) in [5.41, 5.74) is 4.91. The summed E-state index contributed by atoms with van der Waals surface area (Å²) in [6, 6.07) is 0.473. The van der Waals surface area contributed by atoms with E-state index in [9.17, 15) is 4.79 Å². The number of imidazole rings is 1. The number of rotatable bonds is 7. The average molecular weight is 268 g/mol. The van der Waals surface area contributed by atoms with Gasteiger partial charge in [-0.15, -0.1) is 0 Å². The second-order valence-corrected chi connectivity index (χ2v) is 6.10. The molecule has 3 N–H and O–H groups in total. The molecule has 0 aromatic carbocycles. The molecule has 1 fully saturated rings. The lowest BCUT2D eigenvalue weighted by atomic mass is 9.98. The van der Waals surface area contributed by atoms with Gasteiger partial charge in [0.1, 0.15) is 0 Å². The minimum Gasteiger partial charge on any atom is -0.368 e. The van der Waals surface area contributed by atoms with Crippen molar-refractivity contribution < 1.29 is 4.79 Å². The van der Waals surface area contributed by atoms with Crippen molar-refractivity contribution in [2.24, 2.45) is 12.8 Å². The fourth-order valence-corrected chi connectivity index (χ4v) is 2.87. The fraction of sp³-hybridized carbons (Fsp3) is 0.667. The first kappa shape index (κ1) is 13.4. The molecule has 1 atom stereocenters. The number of nitrogens with zero attached hydrogens (tertiary/aromatic N) is 2. The molecule has 1 heterocycles. The van der Waals surface area contributed by atoms with Crippen LogP contribution in [0.1, 0.15) is 26.2 Å². The molecule has 1 amide bonds. The first-order valence-electron chi connectivity index (χ1n) is 6.19. The standard InChI is InChI=1S/C12H20N4OS/c1-12(10(13)17,15-9-3-4-9)5-8-18-11-14-6-7-16(11)2/h6-7,9,15H,3-5,8H2,1-2H3,(H2,13,17). The summed E-state index contributed by atoms with van der Waals surface area (Å²) in [5, 5.41) is 4.31. The van der Waals surface area contributed by atoms with E-state index in [4.69, 9.17) is 5.73 Å². The lowest BCUT2D eigenvalue weighted by Gasteiger charge is -2.27. The molecule has 0 radical (unpaired) electrons. The topological polar surface area (TPSA) is 72.9 Å². The summed E-state index contributed by atoms with van der Waals surface area (Å²) in [6.45, 7) is 1.90. The first-order chi connectivity index (χ1) is 8.51. The van der Waals surface area contributed by atoms with Gasteiger partial charge in [0, 0.05) is 31.2 Å². The predicted octanol–water partition coefficient (Wildman–Crippen LogP) is 0.898. The molecule has 18 heavy (non-hydrogen) atoms. The Morgan fingerprint density at radius 2 is 2.44 bits per heavy atom. The Balaban J connectivity index is 1.85. The molecule has 1 aliphatic rings. The molecule has 100 valence electrons. The number of aryl methyl sites for hydroxylation is 1. The Morgan fingerprint density at radius 3 is 2.94 bits per heavy atom. The van der Waals surface area contributed by atoms with Crippen LogP contribution in [0, 0.1) is 0 Å². The molecule has 0 saturated heterocycles. The smallest absolute Gasteiger partial charge is 0.237 e. The maximum Gasteiger partial charge on any atom is 0.237 e. The fourth-order valence-electron chi connectivity index (χ4n) is 1.78. The molecule has 1 saturated carbocycles. The highest BCUT2D eigenvalue weighted by molar-refractivity contribution is 7.99. The summed E-state index contributed by atoms with van der Waals surface area (Å²) in [7, 11) is 1.96. The number of nitrogens with one attached hydrogen (secondary N) is 1. The lowest BCUT2D eigenvalue weighted by Crippen LogP contribution is -2.54. The Hall–Kier alpha value is -1.01. The lowest BCUT2D eigenvalue weighted by molar-refractivity contribution is -0.124. The normalized spacial score (nSPS) is 18.6. The maximum absolute atomic E-state index is 11.6. The van der Waals surface area contributed by atoms with Crippen LogP contribution in [-0.2, 0) is 11.8 Å². The van der Waals surface area contributed by atoms with E-state index >= 15 is 0 Å². The van der Waals surface area contributed by atoms with Crippen LogP contribution in [0.25, 0.3) is 0 Å². The van der Waals surface area contributed by atoms with E-state index in [1.165, 1.54) is 0 Å². The van der Waals surface area contributed by atoms with Crippen LogP contribution in [0.3, 0.4) is 0 Å². The van der Waals surface area contributed by atoms with Crippen molar-refractivity contribution in [3.63, 3.8) is 0 Å². The number of amides is 1. The van der Waals surface area contributed by atoms with Crippen LogP contribution in [0.5, 0.6) is 0 Å². The highest BCUT2D eigenvalue weighted by Gasteiger charge is 2.36. The van der Waals surface area contributed by atoms with Gasteiger partial charge in [-0.2, -0.15) is 0 Å². The van der Waals surface area contributed by atoms with Crippen LogP contribution in [0.2, 0.25) is 0 Å². The average Bonchev–Trinajstić information content (AvgIpc) is 3.02. The predicted molar refractivity (Wildman–Crippen MR) is 72.3 cm³/mol. The highest BCUT2D eigenvalue weighted by Crippen LogP contribution is 2.26. The number of carbonyl (C=O) groups excluding carboxylic acids is 1. The van der Waals surface area contributed by atoms with E-state index in [0.717, 1.165) is 30.2 Å². The van der Waals surface area contributed by atoms with Crippen molar-refractivity contribution in [3.8, 4) is 0 Å². The number of aromatic nitrogens is 2. The van der Waals surface area contributed by atoms with Gasteiger partial charge in [-0.1, -0.05) is 11.8 Å². The van der Waals surface area contributed by atoms with E-state index in [2.05, 4.69) is 10.3 Å². The van der Waals surface area contributed by atoms with Gasteiger partial charge in [0.2, 0.25) is 5.91 Å². The number of carbonyl (C=O) groups is 1. The van der Waals surface area contributed by atoms with Crippen molar-refractivity contribution in [2.45, 2.75) is 42.9 Å². The van der Waals surface area contributed by atoms with Crippen molar-refractivity contribution >= 4 is 17.7 Å². The second kappa shape index (κ2) is 5.32. The quantitative estimate of drug-likeness (QED) is 0.721. The Morgan fingerprint density at radius 1 is 1.72 bits per heavy atom. The van der Waals surface area contributed by atoms with Crippen LogP contribution >= 0.6 is 11.8 Å². The molecule has 1 aromatic rings. The van der Waals surface area contributed by atoms with Gasteiger partial charge in [-0.3, -0.25) is 4.79 Å². The van der Waals surface area contributed by atoms with Crippen molar-refractivity contribution in [1.82, 2.24) is 14.9 Å². The number of thioether (sulfide) groups is 1. The van der Waals surface area contributed by atoms with Gasteiger partial charge < -0.3 is 15.6 Å². The summed E-state index contributed by atoms with van der Waals surface area (Å²) in [6.07, 6.45) is 6.71. The van der Waals surface area contributed by atoms with Gasteiger partial charge >= 0.3 is 0 Å². The molecular formula is C12H20N4OS. The molecule has 5 nitrogen and oxygen atoms in total.